The van der Waals surface area contributed by atoms with Crippen LogP contribution in [0.1, 0.15) is 42.9 Å². The van der Waals surface area contributed by atoms with Gasteiger partial charge in [0.1, 0.15) is 0 Å². The van der Waals surface area contributed by atoms with Crippen LogP contribution in [-0.2, 0) is 4.79 Å². The SMILES string of the molecule is CCOc1ccc([C@H]2CC(=O)C3=C(C2)Nc2ccccc2N[C@H]3c2ccc(Cl)cc2)cc1OC. The van der Waals surface area contributed by atoms with Crippen molar-refractivity contribution < 1.29 is 14.3 Å². The predicted molar refractivity (Wildman–Crippen MR) is 136 cm³/mol. The molecule has 0 spiro atoms. The number of carbonyl (C=O) groups is 1. The van der Waals surface area contributed by atoms with E-state index in [-0.39, 0.29) is 17.7 Å². The average molecular weight is 475 g/mol. The molecule has 0 saturated heterocycles. The quantitative estimate of drug-likeness (QED) is 0.429. The molecule has 0 saturated carbocycles. The minimum absolute atomic E-state index is 0.0412. The number of carbonyl (C=O) groups excluding carboxylic acids is 1. The van der Waals surface area contributed by atoms with Crippen LogP contribution in [0.25, 0.3) is 0 Å². The summed E-state index contributed by atoms with van der Waals surface area (Å²) in [5, 5.41) is 7.85. The molecule has 174 valence electrons. The van der Waals surface area contributed by atoms with Crippen LogP contribution in [0.15, 0.2) is 78.0 Å². The van der Waals surface area contributed by atoms with E-state index in [1.165, 1.54) is 0 Å². The number of fused-ring (bicyclic) bond motifs is 1. The van der Waals surface area contributed by atoms with E-state index in [2.05, 4.69) is 10.6 Å². The molecule has 0 bridgehead atoms. The number of methoxy groups -OCH3 is 1. The Bertz CT molecular complexity index is 1250. The second kappa shape index (κ2) is 9.43. The maximum absolute atomic E-state index is 13.7. The Balaban J connectivity index is 1.55. The summed E-state index contributed by atoms with van der Waals surface area (Å²) in [5.74, 6) is 1.57. The van der Waals surface area contributed by atoms with Crippen LogP contribution < -0.4 is 20.1 Å². The van der Waals surface area contributed by atoms with Crippen molar-refractivity contribution in [1.29, 1.82) is 0 Å². The maximum atomic E-state index is 13.7. The molecule has 1 heterocycles. The summed E-state index contributed by atoms with van der Waals surface area (Å²) in [5.41, 5.74) is 5.73. The zero-order valence-corrected chi connectivity index (χ0v) is 20.0. The lowest BCUT2D eigenvalue weighted by molar-refractivity contribution is -0.116. The summed E-state index contributed by atoms with van der Waals surface area (Å²) in [7, 11) is 1.64. The fraction of sp³-hybridized carbons (Fsp3) is 0.250. The van der Waals surface area contributed by atoms with Crippen molar-refractivity contribution in [1.82, 2.24) is 0 Å². The molecule has 2 N–H and O–H groups in total. The molecule has 1 aliphatic heterocycles. The number of benzene rings is 3. The third kappa shape index (κ3) is 4.24. The summed E-state index contributed by atoms with van der Waals surface area (Å²) in [6.45, 7) is 2.51. The molecule has 5 rings (SSSR count). The highest BCUT2D eigenvalue weighted by Gasteiger charge is 2.36. The van der Waals surface area contributed by atoms with Crippen LogP contribution in [0, 0.1) is 0 Å². The highest BCUT2D eigenvalue weighted by atomic mass is 35.5. The van der Waals surface area contributed by atoms with E-state index in [1.54, 1.807) is 7.11 Å². The fourth-order valence-electron chi connectivity index (χ4n) is 4.85. The van der Waals surface area contributed by atoms with Gasteiger partial charge in [-0.25, -0.2) is 0 Å². The number of allylic oxidation sites excluding steroid dienone is 1. The molecule has 0 radical (unpaired) electrons. The van der Waals surface area contributed by atoms with E-state index in [4.69, 9.17) is 21.1 Å². The number of rotatable bonds is 5. The number of halogens is 1. The third-order valence-corrected chi connectivity index (χ3v) is 6.72. The topological polar surface area (TPSA) is 59.6 Å². The number of ketones is 1. The van der Waals surface area contributed by atoms with E-state index in [0.29, 0.717) is 29.5 Å². The normalized spacial score (nSPS) is 19.3. The Hall–Kier alpha value is -3.44. The van der Waals surface area contributed by atoms with Crippen molar-refractivity contribution in [3.63, 3.8) is 0 Å². The van der Waals surface area contributed by atoms with E-state index in [9.17, 15) is 4.79 Å². The molecular formula is C28H27ClN2O3. The summed E-state index contributed by atoms with van der Waals surface area (Å²) >= 11 is 6.14. The lowest BCUT2D eigenvalue weighted by Crippen LogP contribution is -2.26. The molecule has 0 unspecified atom stereocenters. The summed E-state index contributed by atoms with van der Waals surface area (Å²) in [6.07, 6.45) is 1.15. The van der Waals surface area contributed by atoms with Gasteiger partial charge in [0.15, 0.2) is 17.3 Å². The third-order valence-electron chi connectivity index (χ3n) is 6.47. The molecule has 0 amide bonds. The lowest BCUT2D eigenvalue weighted by atomic mass is 9.78. The smallest absolute Gasteiger partial charge is 0.163 e. The minimum Gasteiger partial charge on any atom is -0.493 e. The largest absolute Gasteiger partial charge is 0.493 e. The van der Waals surface area contributed by atoms with Gasteiger partial charge in [-0.15, -0.1) is 0 Å². The highest BCUT2D eigenvalue weighted by molar-refractivity contribution is 6.30. The molecule has 34 heavy (non-hydrogen) atoms. The molecule has 0 aromatic heterocycles. The lowest BCUT2D eigenvalue weighted by Gasteiger charge is -2.30. The second-order valence-corrected chi connectivity index (χ2v) is 9.00. The summed E-state index contributed by atoms with van der Waals surface area (Å²) < 4.78 is 11.2. The molecule has 5 nitrogen and oxygen atoms in total. The first kappa shape index (κ1) is 22.4. The van der Waals surface area contributed by atoms with E-state index in [0.717, 1.165) is 40.2 Å². The van der Waals surface area contributed by atoms with Gasteiger partial charge < -0.3 is 20.1 Å². The second-order valence-electron chi connectivity index (χ2n) is 8.56. The molecule has 3 aromatic rings. The van der Waals surface area contributed by atoms with Crippen molar-refractivity contribution in [3.8, 4) is 11.5 Å². The van der Waals surface area contributed by atoms with Gasteiger partial charge in [0.2, 0.25) is 0 Å². The van der Waals surface area contributed by atoms with Gasteiger partial charge >= 0.3 is 0 Å². The van der Waals surface area contributed by atoms with Gasteiger partial charge in [-0.05, 0) is 66.8 Å². The van der Waals surface area contributed by atoms with E-state index >= 15 is 0 Å². The molecule has 3 aromatic carbocycles. The zero-order valence-electron chi connectivity index (χ0n) is 19.2. The first-order chi connectivity index (χ1) is 16.6. The van der Waals surface area contributed by atoms with Crippen LogP contribution in [-0.4, -0.2) is 19.5 Å². The van der Waals surface area contributed by atoms with E-state index in [1.807, 2.05) is 73.7 Å². The standard InChI is InChI=1S/C28H27ClN2O3/c1-3-34-25-13-10-18(16-26(25)33-2)19-14-23-27(24(32)15-19)28(17-8-11-20(29)12-9-17)31-22-7-5-4-6-21(22)30-23/h4-13,16,19,28,30-31H,3,14-15H2,1-2H3/t19-,28+/m1/s1. The van der Waals surface area contributed by atoms with Crippen molar-refractivity contribution in [2.24, 2.45) is 0 Å². The number of Topliss-reactive ketones (excluding diaryl/α,β-unsaturated/α-hetero) is 1. The van der Waals surface area contributed by atoms with Gasteiger partial charge in [0.05, 0.1) is 31.1 Å². The number of hydrogen-bond donors (Lipinski definition) is 2. The average Bonchev–Trinajstić information content (AvgIpc) is 3.02. The number of anilines is 2. The van der Waals surface area contributed by atoms with Crippen LogP contribution in [0.2, 0.25) is 5.02 Å². The number of nitrogens with one attached hydrogen (secondary N) is 2. The molecule has 0 fully saturated rings. The van der Waals surface area contributed by atoms with Crippen LogP contribution in [0.5, 0.6) is 11.5 Å². The molecular weight excluding hydrogens is 448 g/mol. The first-order valence-electron chi connectivity index (χ1n) is 11.5. The van der Waals surface area contributed by atoms with Crippen LogP contribution >= 0.6 is 11.6 Å². The van der Waals surface area contributed by atoms with Gasteiger partial charge in [-0.3, -0.25) is 4.79 Å². The zero-order chi connectivity index (χ0) is 23.7. The van der Waals surface area contributed by atoms with Crippen LogP contribution in [0.4, 0.5) is 11.4 Å². The molecule has 6 heteroatoms. The fourth-order valence-corrected chi connectivity index (χ4v) is 4.97. The van der Waals surface area contributed by atoms with Gasteiger partial charge in [0.25, 0.3) is 0 Å². The Morgan fingerprint density at radius 1 is 0.941 bits per heavy atom. The number of hydrogen-bond acceptors (Lipinski definition) is 5. The Morgan fingerprint density at radius 3 is 2.41 bits per heavy atom. The maximum Gasteiger partial charge on any atom is 0.163 e. The molecule has 2 aliphatic rings. The van der Waals surface area contributed by atoms with Crippen molar-refractivity contribution in [2.75, 3.05) is 24.4 Å². The minimum atomic E-state index is -0.258. The first-order valence-corrected chi connectivity index (χ1v) is 11.9. The van der Waals surface area contributed by atoms with Crippen molar-refractivity contribution in [2.45, 2.75) is 31.7 Å². The molecule has 2 atom stereocenters. The predicted octanol–water partition coefficient (Wildman–Crippen LogP) is 6.73. The van der Waals surface area contributed by atoms with Gasteiger partial charge in [0, 0.05) is 22.7 Å². The Kier molecular flexibility index (Phi) is 6.20. The van der Waals surface area contributed by atoms with Crippen LogP contribution in [0.3, 0.4) is 0 Å². The monoisotopic (exact) mass is 474 g/mol. The molecule has 1 aliphatic carbocycles. The van der Waals surface area contributed by atoms with Gasteiger partial charge in [-0.2, -0.15) is 0 Å². The number of para-hydroxylation sites is 2. The van der Waals surface area contributed by atoms with Crippen molar-refractivity contribution in [3.05, 3.63) is 94.1 Å². The van der Waals surface area contributed by atoms with E-state index < -0.39 is 0 Å². The Labute approximate surface area is 204 Å². The number of ether oxygens (including phenoxy) is 2. The highest BCUT2D eigenvalue weighted by Crippen LogP contribution is 2.45. The summed E-state index contributed by atoms with van der Waals surface area (Å²) in [6, 6.07) is 21.5. The summed E-state index contributed by atoms with van der Waals surface area (Å²) in [4.78, 5) is 13.7. The van der Waals surface area contributed by atoms with Gasteiger partial charge in [-0.1, -0.05) is 41.9 Å². The van der Waals surface area contributed by atoms with Crippen molar-refractivity contribution >= 4 is 28.8 Å². The Morgan fingerprint density at radius 2 is 1.68 bits per heavy atom.